The molecular formula is C14H21N3O. The minimum Gasteiger partial charge on any atom is -0.351 e. The van der Waals surface area contributed by atoms with E-state index < -0.39 is 0 Å². The van der Waals surface area contributed by atoms with Crippen molar-refractivity contribution in [3.63, 3.8) is 0 Å². The molecule has 0 unspecified atom stereocenters. The Morgan fingerprint density at radius 2 is 2.28 bits per heavy atom. The number of hydrogen-bond acceptors (Lipinski definition) is 3. The zero-order valence-electron chi connectivity index (χ0n) is 11.4. The number of likely N-dealkylation sites (N-methyl/N-ethyl adjacent to an activating group) is 1. The van der Waals surface area contributed by atoms with Crippen LogP contribution in [-0.2, 0) is 24.2 Å². The monoisotopic (exact) mass is 247 g/mol. The number of pyridine rings is 1. The fourth-order valence-electron chi connectivity index (χ4n) is 2.14. The van der Waals surface area contributed by atoms with Crippen LogP contribution in [0, 0.1) is 0 Å². The number of nitrogens with zero attached hydrogens (tertiary/aromatic N) is 2. The zero-order valence-corrected chi connectivity index (χ0v) is 11.4. The average Bonchev–Trinajstić information content (AvgIpc) is 2.82. The van der Waals surface area contributed by atoms with Gasteiger partial charge >= 0.3 is 0 Å². The summed E-state index contributed by atoms with van der Waals surface area (Å²) in [7, 11) is 3.81. The third kappa shape index (κ3) is 2.88. The van der Waals surface area contributed by atoms with Crippen molar-refractivity contribution in [2.24, 2.45) is 0 Å². The van der Waals surface area contributed by atoms with Crippen LogP contribution in [-0.4, -0.2) is 35.9 Å². The number of hydrogen-bond donors (Lipinski definition) is 1. The summed E-state index contributed by atoms with van der Waals surface area (Å²) >= 11 is 0. The molecule has 0 aromatic carbocycles. The zero-order chi connectivity index (χ0) is 13.1. The van der Waals surface area contributed by atoms with E-state index in [0.717, 1.165) is 18.4 Å². The van der Waals surface area contributed by atoms with Crippen molar-refractivity contribution in [3.8, 4) is 0 Å². The van der Waals surface area contributed by atoms with Gasteiger partial charge in [-0.3, -0.25) is 14.7 Å². The second-order valence-corrected chi connectivity index (χ2v) is 5.16. The van der Waals surface area contributed by atoms with Crippen LogP contribution in [0.25, 0.3) is 0 Å². The first-order valence-corrected chi connectivity index (χ1v) is 6.48. The number of fused-ring (bicyclic) bond motifs is 1. The Kier molecular flexibility index (Phi) is 3.97. The fourth-order valence-corrected chi connectivity index (χ4v) is 2.14. The maximum absolute atomic E-state index is 11.8. The molecule has 0 saturated heterocycles. The van der Waals surface area contributed by atoms with E-state index in [2.05, 4.69) is 16.4 Å². The van der Waals surface area contributed by atoms with Gasteiger partial charge in [0.1, 0.15) is 0 Å². The molecule has 0 fully saturated rings. The summed E-state index contributed by atoms with van der Waals surface area (Å²) in [4.78, 5) is 18.2. The first-order valence-electron chi connectivity index (χ1n) is 6.48. The van der Waals surface area contributed by atoms with Crippen LogP contribution in [0.15, 0.2) is 12.3 Å². The van der Waals surface area contributed by atoms with Crippen LogP contribution < -0.4 is 5.32 Å². The van der Waals surface area contributed by atoms with E-state index >= 15 is 0 Å². The summed E-state index contributed by atoms with van der Waals surface area (Å²) in [6.07, 6.45) is 5.30. The highest BCUT2D eigenvalue weighted by molar-refractivity contribution is 5.81. The number of carbonyl (C=O) groups excluding carboxylic acids is 1. The highest BCUT2D eigenvalue weighted by Crippen LogP contribution is 2.20. The number of aryl methyl sites for hydroxylation is 2. The largest absolute Gasteiger partial charge is 0.351 e. The van der Waals surface area contributed by atoms with Gasteiger partial charge in [-0.1, -0.05) is 6.07 Å². The lowest BCUT2D eigenvalue weighted by Gasteiger charge is -2.18. The molecule has 1 aliphatic rings. The van der Waals surface area contributed by atoms with Gasteiger partial charge in [-0.05, 0) is 51.4 Å². The van der Waals surface area contributed by atoms with E-state index in [4.69, 9.17) is 0 Å². The Bertz CT molecular complexity index is 443. The van der Waals surface area contributed by atoms with Crippen molar-refractivity contribution in [2.75, 3.05) is 14.1 Å². The summed E-state index contributed by atoms with van der Waals surface area (Å²) in [5.74, 6) is 0.0560. The van der Waals surface area contributed by atoms with Gasteiger partial charge in [-0.15, -0.1) is 0 Å². The molecule has 1 aromatic rings. The van der Waals surface area contributed by atoms with Crippen LogP contribution in [0.2, 0.25) is 0 Å². The lowest BCUT2D eigenvalue weighted by atomic mass is 10.1. The minimum atomic E-state index is -0.104. The summed E-state index contributed by atoms with van der Waals surface area (Å²) < 4.78 is 0. The minimum absolute atomic E-state index is 0.0560. The molecule has 1 aliphatic carbocycles. The molecule has 1 aromatic heterocycles. The lowest BCUT2D eigenvalue weighted by molar-refractivity contribution is -0.125. The summed E-state index contributed by atoms with van der Waals surface area (Å²) in [6, 6.07) is 2.07. The van der Waals surface area contributed by atoms with Crippen LogP contribution in [0.1, 0.15) is 30.2 Å². The first kappa shape index (κ1) is 13.0. The molecule has 1 heterocycles. The molecule has 0 saturated carbocycles. The molecule has 1 atom stereocenters. The van der Waals surface area contributed by atoms with Crippen LogP contribution in [0.5, 0.6) is 0 Å². The maximum Gasteiger partial charge on any atom is 0.237 e. The maximum atomic E-state index is 11.8. The van der Waals surface area contributed by atoms with Crippen molar-refractivity contribution < 1.29 is 4.79 Å². The van der Waals surface area contributed by atoms with E-state index in [9.17, 15) is 4.79 Å². The highest BCUT2D eigenvalue weighted by atomic mass is 16.2. The van der Waals surface area contributed by atoms with E-state index in [1.54, 1.807) is 0 Å². The quantitative estimate of drug-likeness (QED) is 0.867. The summed E-state index contributed by atoms with van der Waals surface area (Å²) in [6.45, 7) is 2.47. The van der Waals surface area contributed by atoms with Crippen molar-refractivity contribution in [2.45, 2.75) is 38.8 Å². The Hall–Kier alpha value is -1.42. The fraction of sp³-hybridized carbons (Fsp3) is 0.571. The Morgan fingerprint density at radius 3 is 3.00 bits per heavy atom. The SMILES string of the molecule is C[C@@H](C(=O)NCc1cnc2c(c1)CCC2)N(C)C. The molecule has 0 bridgehead atoms. The third-order valence-electron chi connectivity index (χ3n) is 3.60. The Morgan fingerprint density at radius 1 is 1.50 bits per heavy atom. The molecule has 1 amide bonds. The summed E-state index contributed by atoms with van der Waals surface area (Å²) in [5.41, 5.74) is 3.67. The molecule has 0 radical (unpaired) electrons. The second kappa shape index (κ2) is 5.48. The van der Waals surface area contributed by atoms with Gasteiger partial charge in [0.2, 0.25) is 5.91 Å². The molecule has 4 nitrogen and oxygen atoms in total. The smallest absolute Gasteiger partial charge is 0.237 e. The number of nitrogens with one attached hydrogen (secondary N) is 1. The van der Waals surface area contributed by atoms with Crippen molar-refractivity contribution >= 4 is 5.91 Å². The molecular weight excluding hydrogens is 226 g/mol. The molecule has 2 rings (SSSR count). The predicted octanol–water partition coefficient (Wildman–Crippen LogP) is 1.14. The van der Waals surface area contributed by atoms with Crippen molar-refractivity contribution in [1.82, 2.24) is 15.2 Å². The number of amides is 1. The first-order chi connectivity index (χ1) is 8.58. The van der Waals surface area contributed by atoms with E-state index in [1.807, 2.05) is 32.1 Å². The van der Waals surface area contributed by atoms with Gasteiger partial charge in [0, 0.05) is 18.4 Å². The van der Waals surface area contributed by atoms with E-state index in [0.29, 0.717) is 6.54 Å². The Balaban J connectivity index is 1.93. The Labute approximate surface area is 108 Å². The molecule has 0 aliphatic heterocycles. The summed E-state index contributed by atoms with van der Waals surface area (Å²) in [5, 5.41) is 2.95. The molecule has 98 valence electrons. The van der Waals surface area contributed by atoms with Crippen molar-refractivity contribution in [1.29, 1.82) is 0 Å². The van der Waals surface area contributed by atoms with Gasteiger partial charge in [0.05, 0.1) is 6.04 Å². The molecule has 1 N–H and O–H groups in total. The normalized spacial score (nSPS) is 15.6. The van der Waals surface area contributed by atoms with Crippen LogP contribution in [0.4, 0.5) is 0 Å². The second-order valence-electron chi connectivity index (χ2n) is 5.16. The van der Waals surface area contributed by atoms with Crippen LogP contribution in [0.3, 0.4) is 0 Å². The highest BCUT2D eigenvalue weighted by Gasteiger charge is 2.15. The van der Waals surface area contributed by atoms with E-state index in [-0.39, 0.29) is 11.9 Å². The van der Waals surface area contributed by atoms with E-state index in [1.165, 1.54) is 17.7 Å². The van der Waals surface area contributed by atoms with Gasteiger partial charge in [-0.25, -0.2) is 0 Å². The number of carbonyl (C=O) groups is 1. The van der Waals surface area contributed by atoms with Crippen molar-refractivity contribution in [3.05, 3.63) is 29.1 Å². The van der Waals surface area contributed by atoms with Gasteiger partial charge in [0.15, 0.2) is 0 Å². The average molecular weight is 247 g/mol. The third-order valence-corrected chi connectivity index (χ3v) is 3.60. The topological polar surface area (TPSA) is 45.2 Å². The van der Waals surface area contributed by atoms with Gasteiger partial charge in [0.25, 0.3) is 0 Å². The molecule has 4 heteroatoms. The van der Waals surface area contributed by atoms with Gasteiger partial charge < -0.3 is 5.32 Å². The molecule has 0 spiro atoms. The van der Waals surface area contributed by atoms with Crippen LogP contribution >= 0.6 is 0 Å². The molecule has 18 heavy (non-hydrogen) atoms. The number of rotatable bonds is 4. The van der Waals surface area contributed by atoms with Gasteiger partial charge in [-0.2, -0.15) is 0 Å². The number of aromatic nitrogens is 1. The lowest BCUT2D eigenvalue weighted by Crippen LogP contribution is -2.41. The standard InChI is InChI=1S/C14H21N3O/c1-10(17(2)3)14(18)16-9-11-7-12-5-4-6-13(12)15-8-11/h7-8,10H,4-6,9H2,1-3H3,(H,16,18)/t10-/m0/s1. The predicted molar refractivity (Wildman–Crippen MR) is 71.3 cm³/mol.